The fourth-order valence-corrected chi connectivity index (χ4v) is 3.91. The highest BCUT2D eigenvalue weighted by Gasteiger charge is 2.29. The highest BCUT2D eigenvalue weighted by Crippen LogP contribution is 2.32. The number of amides is 1. The van der Waals surface area contributed by atoms with Gasteiger partial charge in [0, 0.05) is 23.4 Å². The fourth-order valence-electron chi connectivity index (χ4n) is 3.91. The number of Topliss-reactive ketones (excluding diaryl/α,β-unsaturated/α-hetero) is 1. The van der Waals surface area contributed by atoms with Crippen LogP contribution >= 0.6 is 0 Å². The number of hydrogen-bond donors (Lipinski definition) is 2. The molecule has 0 aliphatic heterocycles. The topological polar surface area (TPSA) is 97.5 Å². The van der Waals surface area contributed by atoms with E-state index in [4.69, 9.17) is 9.47 Å². The van der Waals surface area contributed by atoms with Crippen LogP contribution in [-0.4, -0.2) is 30.4 Å². The monoisotopic (exact) mass is 432 g/mol. The number of ether oxygens (including phenoxy) is 2. The van der Waals surface area contributed by atoms with Crippen LogP contribution in [0.25, 0.3) is 0 Å². The Morgan fingerprint density at radius 3 is 2.38 bits per heavy atom. The summed E-state index contributed by atoms with van der Waals surface area (Å²) < 4.78 is 10.6. The predicted octanol–water partition coefficient (Wildman–Crippen LogP) is 3.95. The fraction of sp³-hybridized carbons (Fsp3) is 0.240. The molecular weight excluding hydrogens is 408 g/mol. The first-order chi connectivity index (χ1) is 15.5. The average molecular weight is 432 g/mol. The van der Waals surface area contributed by atoms with Crippen LogP contribution in [0.15, 0.2) is 59.4 Å². The zero-order valence-corrected chi connectivity index (χ0v) is 17.9. The highest BCUT2D eigenvalue weighted by molar-refractivity contribution is 6.06. The number of carbonyl (C=O) groups excluding carboxylic acids is 2. The van der Waals surface area contributed by atoms with E-state index in [1.54, 1.807) is 31.4 Å². The van der Waals surface area contributed by atoms with Gasteiger partial charge in [0.25, 0.3) is 11.5 Å². The van der Waals surface area contributed by atoms with Gasteiger partial charge in [-0.2, -0.15) is 0 Å². The van der Waals surface area contributed by atoms with E-state index in [0.717, 1.165) is 11.3 Å². The molecule has 0 radical (unpaired) electrons. The van der Waals surface area contributed by atoms with E-state index in [-0.39, 0.29) is 17.3 Å². The van der Waals surface area contributed by atoms with E-state index < -0.39 is 11.5 Å². The third kappa shape index (κ3) is 4.42. The summed E-state index contributed by atoms with van der Waals surface area (Å²) in [5, 5.41) is 2.70. The molecule has 1 aliphatic rings. The molecule has 4 rings (SSSR count). The first kappa shape index (κ1) is 21.4. The summed E-state index contributed by atoms with van der Waals surface area (Å²) in [4.78, 5) is 40.9. The standard InChI is InChI=1S/C25H24N2O5/c1-3-32-19-10-6-17(7-11-19)26-24(29)21-14-20-22(27-25(21)30)12-16(13-23(20)28)15-4-8-18(31-2)9-5-15/h4-11,14,16H,3,12-13H2,1-2H3,(H,26,29)(H,27,30)/t16-/m0/s1. The maximum absolute atomic E-state index is 12.8. The number of aromatic amines is 1. The molecule has 2 aromatic carbocycles. The molecule has 0 fully saturated rings. The summed E-state index contributed by atoms with van der Waals surface area (Å²) in [7, 11) is 1.60. The number of nitrogens with one attached hydrogen (secondary N) is 2. The lowest BCUT2D eigenvalue weighted by Crippen LogP contribution is -2.29. The normalized spacial score (nSPS) is 15.1. The van der Waals surface area contributed by atoms with Gasteiger partial charge in [-0.15, -0.1) is 0 Å². The van der Waals surface area contributed by atoms with Crippen LogP contribution in [0.2, 0.25) is 0 Å². The van der Waals surface area contributed by atoms with Crippen LogP contribution in [0.3, 0.4) is 0 Å². The van der Waals surface area contributed by atoms with Crippen LogP contribution in [0.4, 0.5) is 5.69 Å². The van der Waals surface area contributed by atoms with Gasteiger partial charge < -0.3 is 19.8 Å². The summed E-state index contributed by atoms with van der Waals surface area (Å²) in [6, 6.07) is 15.8. The van der Waals surface area contributed by atoms with Gasteiger partial charge in [0.15, 0.2) is 5.78 Å². The van der Waals surface area contributed by atoms with Crippen molar-refractivity contribution in [2.75, 3.05) is 19.0 Å². The van der Waals surface area contributed by atoms with Crippen LogP contribution < -0.4 is 20.3 Å². The molecule has 1 amide bonds. The highest BCUT2D eigenvalue weighted by atomic mass is 16.5. The molecular formula is C25H24N2O5. The first-order valence-electron chi connectivity index (χ1n) is 10.5. The maximum atomic E-state index is 12.8. The SMILES string of the molecule is CCOc1ccc(NC(=O)c2cc3c([nH]c2=O)C[C@H](c2ccc(OC)cc2)CC3=O)cc1. The van der Waals surface area contributed by atoms with Crippen LogP contribution in [-0.2, 0) is 6.42 Å². The molecule has 1 aliphatic carbocycles. The minimum absolute atomic E-state index is 0.0416. The third-order valence-electron chi connectivity index (χ3n) is 5.56. The number of hydrogen-bond acceptors (Lipinski definition) is 5. The predicted molar refractivity (Wildman–Crippen MR) is 121 cm³/mol. The number of carbonyl (C=O) groups is 2. The molecule has 0 bridgehead atoms. The second-order valence-electron chi connectivity index (χ2n) is 7.62. The molecule has 3 aromatic rings. The Labute approximate surface area is 185 Å². The molecule has 0 unspecified atom stereocenters. The van der Waals surface area contributed by atoms with Crippen LogP contribution in [0, 0.1) is 0 Å². The second kappa shape index (κ2) is 9.09. The van der Waals surface area contributed by atoms with Gasteiger partial charge in [0.05, 0.1) is 13.7 Å². The molecule has 7 heteroatoms. The number of fused-ring (bicyclic) bond motifs is 1. The largest absolute Gasteiger partial charge is 0.497 e. The number of ketones is 1. The summed E-state index contributed by atoms with van der Waals surface area (Å²) in [6.45, 7) is 2.43. The third-order valence-corrected chi connectivity index (χ3v) is 5.56. The minimum atomic E-state index is -0.566. The van der Waals surface area contributed by atoms with Crippen molar-refractivity contribution in [3.63, 3.8) is 0 Å². The van der Waals surface area contributed by atoms with Gasteiger partial charge in [0.1, 0.15) is 17.1 Å². The van der Waals surface area contributed by atoms with Gasteiger partial charge in [-0.3, -0.25) is 14.4 Å². The number of aromatic nitrogens is 1. The molecule has 7 nitrogen and oxygen atoms in total. The Balaban J connectivity index is 1.54. The van der Waals surface area contributed by atoms with Gasteiger partial charge in [-0.05, 0) is 67.3 Å². The molecule has 32 heavy (non-hydrogen) atoms. The summed E-state index contributed by atoms with van der Waals surface area (Å²) >= 11 is 0. The zero-order valence-electron chi connectivity index (χ0n) is 17.9. The van der Waals surface area contributed by atoms with E-state index in [1.165, 1.54) is 6.07 Å². The molecule has 164 valence electrons. The van der Waals surface area contributed by atoms with Crippen molar-refractivity contribution in [1.29, 1.82) is 0 Å². The molecule has 1 aromatic heterocycles. The van der Waals surface area contributed by atoms with Crippen molar-refractivity contribution in [3.05, 3.63) is 87.3 Å². The van der Waals surface area contributed by atoms with E-state index >= 15 is 0 Å². The Bertz CT molecular complexity index is 1200. The smallest absolute Gasteiger partial charge is 0.261 e. The number of methoxy groups -OCH3 is 1. The summed E-state index contributed by atoms with van der Waals surface area (Å²) in [5.41, 5.74) is 1.88. The van der Waals surface area contributed by atoms with Gasteiger partial charge in [-0.25, -0.2) is 0 Å². The summed E-state index contributed by atoms with van der Waals surface area (Å²) in [5.74, 6) is 0.726. The van der Waals surface area contributed by atoms with Crippen molar-refractivity contribution >= 4 is 17.4 Å². The van der Waals surface area contributed by atoms with Gasteiger partial charge in [-0.1, -0.05) is 12.1 Å². The summed E-state index contributed by atoms with van der Waals surface area (Å²) in [6.07, 6.45) is 0.828. The van der Waals surface area contributed by atoms with Crippen molar-refractivity contribution in [1.82, 2.24) is 4.98 Å². The van der Waals surface area contributed by atoms with Gasteiger partial charge >= 0.3 is 0 Å². The van der Waals surface area contributed by atoms with E-state index in [2.05, 4.69) is 10.3 Å². The van der Waals surface area contributed by atoms with Crippen molar-refractivity contribution < 1.29 is 19.1 Å². The van der Waals surface area contributed by atoms with Gasteiger partial charge in [0.2, 0.25) is 0 Å². The molecule has 2 N–H and O–H groups in total. The zero-order chi connectivity index (χ0) is 22.7. The van der Waals surface area contributed by atoms with E-state index in [9.17, 15) is 14.4 Å². The molecule has 0 saturated heterocycles. The molecule has 1 heterocycles. The molecule has 1 atom stereocenters. The molecule has 0 spiro atoms. The second-order valence-corrected chi connectivity index (χ2v) is 7.62. The Hall–Kier alpha value is -3.87. The number of H-pyrrole nitrogens is 1. The first-order valence-corrected chi connectivity index (χ1v) is 10.5. The lowest BCUT2D eigenvalue weighted by atomic mass is 9.81. The lowest BCUT2D eigenvalue weighted by Gasteiger charge is -2.24. The van der Waals surface area contributed by atoms with E-state index in [0.29, 0.717) is 42.1 Å². The van der Waals surface area contributed by atoms with Crippen molar-refractivity contribution in [2.24, 2.45) is 0 Å². The Kier molecular flexibility index (Phi) is 6.07. The van der Waals surface area contributed by atoms with Crippen LogP contribution in [0.1, 0.15) is 51.2 Å². The quantitative estimate of drug-likeness (QED) is 0.615. The van der Waals surface area contributed by atoms with E-state index in [1.807, 2.05) is 31.2 Å². The Morgan fingerprint density at radius 1 is 1.03 bits per heavy atom. The number of pyridine rings is 1. The minimum Gasteiger partial charge on any atom is -0.497 e. The number of anilines is 1. The van der Waals surface area contributed by atoms with Crippen molar-refractivity contribution in [2.45, 2.75) is 25.7 Å². The lowest BCUT2D eigenvalue weighted by molar-refractivity contribution is 0.0963. The Morgan fingerprint density at radius 2 is 1.72 bits per heavy atom. The average Bonchev–Trinajstić information content (AvgIpc) is 2.80. The number of rotatable bonds is 6. The van der Waals surface area contributed by atoms with Crippen molar-refractivity contribution in [3.8, 4) is 11.5 Å². The maximum Gasteiger partial charge on any atom is 0.261 e. The molecule has 0 saturated carbocycles. The number of benzene rings is 2. The van der Waals surface area contributed by atoms with Crippen LogP contribution in [0.5, 0.6) is 11.5 Å².